The lowest BCUT2D eigenvalue weighted by Crippen LogP contribution is -2.01. The molecule has 3 aromatic rings. The van der Waals surface area contributed by atoms with E-state index in [4.69, 9.17) is 10.5 Å². The molecule has 0 spiro atoms. The van der Waals surface area contributed by atoms with E-state index < -0.39 is 0 Å². The van der Waals surface area contributed by atoms with Gasteiger partial charge in [-0.05, 0) is 31.2 Å². The van der Waals surface area contributed by atoms with Gasteiger partial charge in [0.25, 0.3) is 0 Å². The lowest BCUT2D eigenvalue weighted by molar-refractivity contribution is 0.454. The van der Waals surface area contributed by atoms with Crippen molar-refractivity contribution < 1.29 is 4.74 Å². The van der Waals surface area contributed by atoms with Crippen molar-refractivity contribution in [3.8, 4) is 17.3 Å². The first-order chi connectivity index (χ1) is 9.75. The molecule has 4 nitrogen and oxygen atoms in total. The van der Waals surface area contributed by atoms with Crippen LogP contribution in [0.1, 0.15) is 5.56 Å². The number of rotatable bonds is 3. The molecule has 0 aliphatic rings. The normalized spacial score (nSPS) is 10.4. The average Bonchev–Trinajstić information content (AvgIpc) is 2.78. The molecule has 0 saturated heterocycles. The number of benzene rings is 2. The van der Waals surface area contributed by atoms with Crippen molar-refractivity contribution in [2.75, 3.05) is 5.73 Å². The highest BCUT2D eigenvalue weighted by atomic mass is 16.5. The summed E-state index contributed by atoms with van der Waals surface area (Å²) in [6.07, 6.45) is 0. The molecule has 100 valence electrons. The number of hydrogen-bond acceptors (Lipinski definition) is 3. The van der Waals surface area contributed by atoms with Crippen LogP contribution in [-0.4, -0.2) is 9.78 Å². The molecule has 0 aliphatic carbocycles. The minimum Gasteiger partial charge on any atom is -0.437 e. The van der Waals surface area contributed by atoms with Gasteiger partial charge in [-0.1, -0.05) is 36.4 Å². The summed E-state index contributed by atoms with van der Waals surface area (Å²) in [5.41, 5.74) is 7.85. The molecule has 1 aromatic heterocycles. The second kappa shape index (κ2) is 5.09. The number of para-hydroxylation sites is 2. The van der Waals surface area contributed by atoms with E-state index in [1.807, 2.05) is 67.6 Å². The molecule has 0 saturated carbocycles. The highest BCUT2D eigenvalue weighted by molar-refractivity contribution is 5.52. The number of nitrogens with zero attached hydrogens (tertiary/aromatic N) is 2. The smallest absolute Gasteiger partial charge is 0.243 e. The van der Waals surface area contributed by atoms with E-state index in [0.717, 1.165) is 17.0 Å². The second-order valence-corrected chi connectivity index (χ2v) is 4.48. The molecule has 20 heavy (non-hydrogen) atoms. The van der Waals surface area contributed by atoms with Crippen molar-refractivity contribution in [2.45, 2.75) is 6.92 Å². The fourth-order valence-electron chi connectivity index (χ4n) is 1.95. The highest BCUT2D eigenvalue weighted by Gasteiger charge is 2.14. The quantitative estimate of drug-likeness (QED) is 0.787. The van der Waals surface area contributed by atoms with Gasteiger partial charge in [0.2, 0.25) is 5.88 Å². The maximum absolute atomic E-state index is 6.11. The Morgan fingerprint density at radius 2 is 1.55 bits per heavy atom. The lowest BCUT2D eigenvalue weighted by Gasteiger charge is -2.02. The first-order valence-corrected chi connectivity index (χ1v) is 6.39. The van der Waals surface area contributed by atoms with Crippen molar-refractivity contribution in [1.29, 1.82) is 0 Å². The third-order valence-corrected chi connectivity index (χ3v) is 3.08. The van der Waals surface area contributed by atoms with E-state index >= 15 is 0 Å². The molecule has 2 aromatic carbocycles. The Morgan fingerprint density at radius 1 is 0.950 bits per heavy atom. The summed E-state index contributed by atoms with van der Waals surface area (Å²) >= 11 is 0. The van der Waals surface area contributed by atoms with Crippen molar-refractivity contribution >= 4 is 5.82 Å². The summed E-state index contributed by atoms with van der Waals surface area (Å²) in [6, 6.07) is 19.3. The third kappa shape index (κ3) is 2.23. The topological polar surface area (TPSA) is 53.1 Å². The maximum Gasteiger partial charge on any atom is 0.243 e. The largest absolute Gasteiger partial charge is 0.437 e. The molecular weight excluding hydrogens is 250 g/mol. The molecule has 4 heteroatoms. The van der Waals surface area contributed by atoms with Crippen LogP contribution in [0.2, 0.25) is 0 Å². The van der Waals surface area contributed by atoms with Gasteiger partial charge in [-0.2, -0.15) is 0 Å². The summed E-state index contributed by atoms with van der Waals surface area (Å²) in [5.74, 6) is 1.85. The van der Waals surface area contributed by atoms with E-state index in [1.165, 1.54) is 0 Å². The van der Waals surface area contributed by atoms with Gasteiger partial charge in [0.15, 0.2) is 0 Å². The number of hydrogen-bond donors (Lipinski definition) is 1. The summed E-state index contributed by atoms with van der Waals surface area (Å²) < 4.78 is 7.47. The predicted molar refractivity (Wildman–Crippen MR) is 79.2 cm³/mol. The number of nitrogen functional groups attached to an aromatic ring is 1. The number of ether oxygens (including phenoxy) is 1. The third-order valence-electron chi connectivity index (χ3n) is 3.08. The van der Waals surface area contributed by atoms with Crippen molar-refractivity contribution in [3.05, 3.63) is 66.2 Å². The molecule has 0 bridgehead atoms. The molecule has 0 unspecified atom stereocenters. The Labute approximate surface area is 117 Å². The maximum atomic E-state index is 6.11. The molecule has 0 atom stereocenters. The fraction of sp³-hybridized carbons (Fsp3) is 0.0625. The molecule has 2 N–H and O–H groups in total. The molecule has 0 fully saturated rings. The average molecular weight is 265 g/mol. The van der Waals surface area contributed by atoms with Gasteiger partial charge in [-0.15, -0.1) is 5.10 Å². The lowest BCUT2D eigenvalue weighted by atomic mass is 10.3. The van der Waals surface area contributed by atoms with Crippen LogP contribution in [-0.2, 0) is 0 Å². The molecule has 0 radical (unpaired) electrons. The first-order valence-electron chi connectivity index (χ1n) is 6.39. The minimum absolute atomic E-state index is 0.526. The van der Waals surface area contributed by atoms with Crippen molar-refractivity contribution in [2.24, 2.45) is 0 Å². The van der Waals surface area contributed by atoms with Crippen LogP contribution < -0.4 is 10.5 Å². The van der Waals surface area contributed by atoms with Crippen LogP contribution in [0.5, 0.6) is 11.6 Å². The number of nitrogens with two attached hydrogens (primary N) is 1. The van der Waals surface area contributed by atoms with Crippen LogP contribution in [0.25, 0.3) is 5.69 Å². The zero-order valence-corrected chi connectivity index (χ0v) is 11.2. The van der Waals surface area contributed by atoms with E-state index in [1.54, 1.807) is 4.68 Å². The molecule has 3 rings (SSSR count). The van der Waals surface area contributed by atoms with Crippen molar-refractivity contribution in [1.82, 2.24) is 9.78 Å². The van der Waals surface area contributed by atoms with Crippen molar-refractivity contribution in [3.63, 3.8) is 0 Å². The molecule has 1 heterocycles. The second-order valence-electron chi connectivity index (χ2n) is 4.48. The SMILES string of the molecule is Cc1c(Oc2ccccc2)nn(-c2ccccc2)c1N. The van der Waals surface area contributed by atoms with Gasteiger partial charge >= 0.3 is 0 Å². The Kier molecular flexibility index (Phi) is 3.13. The summed E-state index contributed by atoms with van der Waals surface area (Å²) in [7, 11) is 0. The minimum atomic E-state index is 0.526. The Balaban J connectivity index is 1.98. The monoisotopic (exact) mass is 265 g/mol. The summed E-state index contributed by atoms with van der Waals surface area (Å²) in [4.78, 5) is 0. The fourth-order valence-corrected chi connectivity index (χ4v) is 1.95. The predicted octanol–water partition coefficient (Wildman–Crippen LogP) is 3.56. The number of anilines is 1. The highest BCUT2D eigenvalue weighted by Crippen LogP contribution is 2.29. The van der Waals surface area contributed by atoms with E-state index in [9.17, 15) is 0 Å². The van der Waals surface area contributed by atoms with E-state index in [0.29, 0.717) is 11.7 Å². The van der Waals surface area contributed by atoms with Gasteiger partial charge in [0.05, 0.1) is 11.3 Å². The van der Waals surface area contributed by atoms with Crippen LogP contribution in [0.15, 0.2) is 60.7 Å². The Bertz CT molecular complexity index is 705. The van der Waals surface area contributed by atoms with Crippen LogP contribution in [0, 0.1) is 6.92 Å². The van der Waals surface area contributed by atoms with Gasteiger partial charge < -0.3 is 10.5 Å². The molecular formula is C16H15N3O. The molecule has 0 amide bonds. The Morgan fingerprint density at radius 3 is 2.20 bits per heavy atom. The van der Waals surface area contributed by atoms with E-state index in [2.05, 4.69) is 5.10 Å². The van der Waals surface area contributed by atoms with E-state index in [-0.39, 0.29) is 0 Å². The Hall–Kier alpha value is -2.75. The molecule has 0 aliphatic heterocycles. The number of aromatic nitrogens is 2. The van der Waals surface area contributed by atoms with Crippen LogP contribution in [0.3, 0.4) is 0 Å². The van der Waals surface area contributed by atoms with Gasteiger partial charge in [0, 0.05) is 0 Å². The van der Waals surface area contributed by atoms with Crippen LogP contribution >= 0.6 is 0 Å². The van der Waals surface area contributed by atoms with Gasteiger partial charge in [-0.3, -0.25) is 0 Å². The summed E-state index contributed by atoms with van der Waals surface area (Å²) in [6.45, 7) is 1.90. The summed E-state index contributed by atoms with van der Waals surface area (Å²) in [5, 5.41) is 4.44. The van der Waals surface area contributed by atoms with Gasteiger partial charge in [-0.25, -0.2) is 4.68 Å². The standard InChI is InChI=1S/C16H15N3O/c1-12-15(17)19(13-8-4-2-5-9-13)18-16(12)20-14-10-6-3-7-11-14/h2-11H,17H2,1H3. The zero-order chi connectivity index (χ0) is 13.9. The zero-order valence-electron chi connectivity index (χ0n) is 11.2. The van der Waals surface area contributed by atoms with Crippen LogP contribution in [0.4, 0.5) is 5.82 Å². The van der Waals surface area contributed by atoms with Gasteiger partial charge in [0.1, 0.15) is 11.6 Å². The first kappa shape index (κ1) is 12.3.